The Morgan fingerprint density at radius 3 is 2.61 bits per heavy atom. The third-order valence-electron chi connectivity index (χ3n) is 3.68. The highest BCUT2D eigenvalue weighted by atomic mass is 32.1. The Morgan fingerprint density at radius 2 is 1.93 bits per heavy atom. The van der Waals surface area contributed by atoms with Gasteiger partial charge < -0.3 is 14.8 Å². The minimum atomic E-state index is -0.472. The van der Waals surface area contributed by atoms with Gasteiger partial charge >= 0.3 is 0 Å². The van der Waals surface area contributed by atoms with Gasteiger partial charge in [-0.1, -0.05) is 11.3 Å². The van der Waals surface area contributed by atoms with Gasteiger partial charge in [0.25, 0.3) is 11.6 Å². The van der Waals surface area contributed by atoms with Crippen molar-refractivity contribution < 1.29 is 19.2 Å². The van der Waals surface area contributed by atoms with Crippen LogP contribution in [0.2, 0.25) is 0 Å². The molecule has 3 aromatic rings. The summed E-state index contributed by atoms with van der Waals surface area (Å²) >= 11 is 6.34. The molecule has 1 amide bonds. The van der Waals surface area contributed by atoms with Gasteiger partial charge in [0.05, 0.1) is 29.4 Å². The molecule has 0 atom stereocenters. The van der Waals surface area contributed by atoms with Gasteiger partial charge in [-0.25, -0.2) is 4.98 Å². The largest absolute Gasteiger partial charge is 0.493 e. The Bertz CT molecular complexity index is 1080. The van der Waals surface area contributed by atoms with Crippen LogP contribution in [-0.4, -0.2) is 35.1 Å². The van der Waals surface area contributed by atoms with Crippen LogP contribution in [0.25, 0.3) is 10.2 Å². The monoisotopic (exact) mass is 418 g/mol. The number of hydrogen-bond acceptors (Lipinski definition) is 8. The molecule has 0 radical (unpaired) electrons. The molecule has 0 aliphatic carbocycles. The molecule has 0 bridgehead atoms. The molecule has 0 fully saturated rings. The second-order valence-electron chi connectivity index (χ2n) is 5.41. The number of fused-ring (bicyclic) bond motifs is 1. The van der Waals surface area contributed by atoms with Crippen LogP contribution >= 0.6 is 23.6 Å². The van der Waals surface area contributed by atoms with Crippen molar-refractivity contribution in [2.75, 3.05) is 19.5 Å². The lowest BCUT2D eigenvalue weighted by atomic mass is 10.2. The lowest BCUT2D eigenvalue weighted by molar-refractivity contribution is -0.384. The van der Waals surface area contributed by atoms with Crippen molar-refractivity contribution in [2.24, 2.45) is 0 Å². The molecule has 2 N–H and O–H groups in total. The number of hydrogen-bond donors (Lipinski definition) is 2. The highest BCUT2D eigenvalue weighted by Crippen LogP contribution is 2.29. The summed E-state index contributed by atoms with van der Waals surface area (Å²) in [4.78, 5) is 27.1. The van der Waals surface area contributed by atoms with Crippen molar-refractivity contribution in [1.29, 1.82) is 0 Å². The molecule has 3 rings (SSSR count). The van der Waals surface area contributed by atoms with E-state index in [9.17, 15) is 14.9 Å². The molecule has 0 unspecified atom stereocenters. The first-order chi connectivity index (χ1) is 13.4. The number of ether oxygens (including phenoxy) is 2. The van der Waals surface area contributed by atoms with E-state index in [1.165, 1.54) is 43.8 Å². The van der Waals surface area contributed by atoms with Crippen molar-refractivity contribution in [1.82, 2.24) is 10.3 Å². The van der Waals surface area contributed by atoms with Crippen LogP contribution in [0.1, 0.15) is 10.4 Å². The van der Waals surface area contributed by atoms with Gasteiger partial charge in [0.15, 0.2) is 21.7 Å². The van der Waals surface area contributed by atoms with E-state index in [-0.39, 0.29) is 10.8 Å². The summed E-state index contributed by atoms with van der Waals surface area (Å²) in [6.07, 6.45) is 0. The summed E-state index contributed by atoms with van der Waals surface area (Å²) < 4.78 is 10.9. The fraction of sp³-hybridized carbons (Fsp3) is 0.118. The topological polar surface area (TPSA) is 116 Å². The number of benzene rings is 2. The van der Waals surface area contributed by atoms with Crippen molar-refractivity contribution in [3.8, 4) is 11.5 Å². The molecular formula is C17H14N4O5S2. The minimum absolute atomic E-state index is 0.0213. The predicted molar refractivity (Wildman–Crippen MR) is 110 cm³/mol. The van der Waals surface area contributed by atoms with Gasteiger partial charge in [0.1, 0.15) is 0 Å². The summed E-state index contributed by atoms with van der Waals surface area (Å²) in [6.45, 7) is 0. The van der Waals surface area contributed by atoms with Crippen LogP contribution < -0.4 is 20.1 Å². The normalized spacial score (nSPS) is 10.4. The van der Waals surface area contributed by atoms with Crippen LogP contribution in [0.15, 0.2) is 36.4 Å². The number of rotatable bonds is 5. The second kappa shape index (κ2) is 8.15. The molecule has 0 saturated heterocycles. The number of nitro benzene ring substituents is 1. The SMILES string of the molecule is COc1ccc(C(=O)NC(=S)Nc2nc3ccc([N+](=O)[O-])cc3s2)cc1OC. The maximum absolute atomic E-state index is 12.4. The summed E-state index contributed by atoms with van der Waals surface area (Å²) in [7, 11) is 2.98. The first kappa shape index (κ1) is 19.5. The molecule has 1 heterocycles. The lowest BCUT2D eigenvalue weighted by Gasteiger charge is -2.10. The van der Waals surface area contributed by atoms with Crippen LogP contribution in [0.4, 0.5) is 10.8 Å². The molecular weight excluding hydrogens is 404 g/mol. The first-order valence-corrected chi connectivity index (χ1v) is 9.03. The predicted octanol–water partition coefficient (Wildman–Crippen LogP) is 3.35. The number of thiazole rings is 1. The number of aromatic nitrogens is 1. The quantitative estimate of drug-likeness (QED) is 0.368. The van der Waals surface area contributed by atoms with Crippen molar-refractivity contribution in [2.45, 2.75) is 0 Å². The Morgan fingerprint density at radius 1 is 1.18 bits per heavy atom. The van der Waals surface area contributed by atoms with E-state index in [2.05, 4.69) is 15.6 Å². The number of methoxy groups -OCH3 is 2. The average molecular weight is 418 g/mol. The number of nitro groups is 1. The Balaban J connectivity index is 1.70. The highest BCUT2D eigenvalue weighted by molar-refractivity contribution is 7.80. The molecule has 9 nitrogen and oxygen atoms in total. The first-order valence-electron chi connectivity index (χ1n) is 7.80. The van der Waals surface area contributed by atoms with Gasteiger partial charge in [-0.05, 0) is 36.5 Å². The molecule has 0 spiro atoms. The Hall–Kier alpha value is -3.31. The molecule has 2 aromatic carbocycles. The van der Waals surface area contributed by atoms with Gasteiger partial charge in [-0.2, -0.15) is 0 Å². The zero-order valence-electron chi connectivity index (χ0n) is 14.7. The van der Waals surface area contributed by atoms with Crippen LogP contribution in [0.3, 0.4) is 0 Å². The summed E-state index contributed by atoms with van der Waals surface area (Å²) in [5.74, 6) is 0.486. The Kier molecular flexibility index (Phi) is 5.66. The number of nitrogens with one attached hydrogen (secondary N) is 2. The van der Waals surface area contributed by atoms with E-state index in [1.54, 1.807) is 18.2 Å². The molecule has 0 aliphatic heterocycles. The van der Waals surface area contributed by atoms with Crippen LogP contribution in [0.5, 0.6) is 11.5 Å². The number of thiocarbonyl (C=S) groups is 1. The van der Waals surface area contributed by atoms with Gasteiger partial charge in [0, 0.05) is 17.7 Å². The van der Waals surface area contributed by atoms with E-state index in [0.29, 0.717) is 32.4 Å². The summed E-state index contributed by atoms with van der Waals surface area (Å²) in [5, 5.41) is 16.7. The lowest BCUT2D eigenvalue weighted by Crippen LogP contribution is -2.34. The molecule has 28 heavy (non-hydrogen) atoms. The molecule has 144 valence electrons. The third-order valence-corrected chi connectivity index (χ3v) is 4.81. The standard InChI is InChI=1S/C17H14N4O5S2/c1-25-12-6-3-9(7-13(12)26-2)15(22)19-16(27)20-17-18-11-5-4-10(21(23)24)8-14(11)28-17/h3-8H,1-2H3,(H2,18,19,20,22,27). The minimum Gasteiger partial charge on any atom is -0.493 e. The number of carbonyl (C=O) groups excluding carboxylic acids is 1. The summed E-state index contributed by atoms with van der Waals surface area (Å²) in [5.41, 5.74) is 0.904. The molecule has 1 aromatic heterocycles. The zero-order chi connectivity index (χ0) is 20.3. The number of nitrogens with zero attached hydrogens (tertiary/aromatic N) is 2. The van der Waals surface area contributed by atoms with Crippen molar-refractivity contribution >= 4 is 55.6 Å². The van der Waals surface area contributed by atoms with E-state index in [1.807, 2.05) is 0 Å². The third kappa shape index (κ3) is 4.15. The molecule has 0 aliphatic rings. The van der Waals surface area contributed by atoms with E-state index < -0.39 is 10.8 Å². The van der Waals surface area contributed by atoms with Gasteiger partial charge in [-0.3, -0.25) is 20.2 Å². The number of carbonyl (C=O) groups is 1. The second-order valence-corrected chi connectivity index (χ2v) is 6.85. The number of anilines is 1. The van der Waals surface area contributed by atoms with E-state index in [4.69, 9.17) is 21.7 Å². The van der Waals surface area contributed by atoms with E-state index in [0.717, 1.165) is 0 Å². The fourth-order valence-electron chi connectivity index (χ4n) is 2.36. The number of non-ortho nitro benzene ring substituents is 1. The fourth-order valence-corrected chi connectivity index (χ4v) is 3.52. The van der Waals surface area contributed by atoms with Gasteiger partial charge in [-0.15, -0.1) is 0 Å². The maximum atomic E-state index is 12.4. The Labute approximate surface area is 168 Å². The van der Waals surface area contributed by atoms with Crippen molar-refractivity contribution in [3.05, 3.63) is 52.1 Å². The van der Waals surface area contributed by atoms with Crippen LogP contribution in [0, 0.1) is 10.1 Å². The van der Waals surface area contributed by atoms with Gasteiger partial charge in [0.2, 0.25) is 0 Å². The molecule has 11 heteroatoms. The smallest absolute Gasteiger partial charge is 0.270 e. The van der Waals surface area contributed by atoms with E-state index >= 15 is 0 Å². The highest BCUT2D eigenvalue weighted by Gasteiger charge is 2.14. The van der Waals surface area contributed by atoms with Crippen LogP contribution in [-0.2, 0) is 0 Å². The maximum Gasteiger partial charge on any atom is 0.270 e. The van der Waals surface area contributed by atoms with Crippen molar-refractivity contribution in [3.63, 3.8) is 0 Å². The zero-order valence-corrected chi connectivity index (χ0v) is 16.3. The summed E-state index contributed by atoms with van der Waals surface area (Å²) in [6, 6.07) is 9.10. The average Bonchev–Trinajstić information content (AvgIpc) is 3.08. The molecule has 0 saturated carbocycles. The number of amides is 1.